The SMILES string of the molecule is COc1ccc(-c2ccc(Br)cc2C(=O)O)cc1Cl. The first kappa shape index (κ1) is 13.9. The Kier molecular flexibility index (Phi) is 4.12. The number of carbonyl (C=O) groups is 1. The summed E-state index contributed by atoms with van der Waals surface area (Å²) in [5.41, 5.74) is 1.56. The fourth-order valence-corrected chi connectivity index (χ4v) is 2.40. The average Bonchev–Trinajstić information content (AvgIpc) is 2.38. The Morgan fingerprint density at radius 1 is 1.26 bits per heavy atom. The van der Waals surface area contributed by atoms with Crippen molar-refractivity contribution in [3.8, 4) is 16.9 Å². The van der Waals surface area contributed by atoms with Crippen LogP contribution in [0.5, 0.6) is 5.75 Å². The second kappa shape index (κ2) is 5.63. The molecule has 0 fully saturated rings. The molecule has 5 heteroatoms. The van der Waals surface area contributed by atoms with E-state index in [9.17, 15) is 9.90 Å². The first-order valence-electron chi connectivity index (χ1n) is 5.39. The zero-order valence-electron chi connectivity index (χ0n) is 9.98. The van der Waals surface area contributed by atoms with Crippen LogP contribution in [-0.4, -0.2) is 18.2 Å². The summed E-state index contributed by atoms with van der Waals surface area (Å²) in [7, 11) is 1.53. The molecule has 2 rings (SSSR count). The summed E-state index contributed by atoms with van der Waals surface area (Å²) in [6.07, 6.45) is 0. The van der Waals surface area contributed by atoms with Crippen LogP contribution in [-0.2, 0) is 0 Å². The van der Waals surface area contributed by atoms with E-state index in [0.29, 0.717) is 20.8 Å². The maximum Gasteiger partial charge on any atom is 0.336 e. The topological polar surface area (TPSA) is 46.5 Å². The predicted octanol–water partition coefficient (Wildman–Crippen LogP) is 4.48. The second-order valence-electron chi connectivity index (χ2n) is 3.84. The predicted molar refractivity (Wildman–Crippen MR) is 78.1 cm³/mol. The number of hydrogen-bond donors (Lipinski definition) is 1. The standard InChI is InChI=1S/C14H10BrClO3/c1-19-13-5-2-8(6-12(13)16)10-4-3-9(15)7-11(10)14(17)18/h2-7H,1H3,(H,17,18). The molecule has 0 heterocycles. The maximum absolute atomic E-state index is 11.3. The van der Waals surface area contributed by atoms with E-state index in [-0.39, 0.29) is 5.56 Å². The van der Waals surface area contributed by atoms with Crippen molar-refractivity contribution < 1.29 is 14.6 Å². The molecule has 98 valence electrons. The summed E-state index contributed by atoms with van der Waals surface area (Å²) in [6, 6.07) is 10.3. The van der Waals surface area contributed by atoms with Crippen molar-refractivity contribution in [2.24, 2.45) is 0 Å². The van der Waals surface area contributed by atoms with Gasteiger partial charge < -0.3 is 9.84 Å². The lowest BCUT2D eigenvalue weighted by Gasteiger charge is -2.09. The van der Waals surface area contributed by atoms with E-state index >= 15 is 0 Å². The minimum Gasteiger partial charge on any atom is -0.495 e. The first-order valence-corrected chi connectivity index (χ1v) is 6.57. The highest BCUT2D eigenvalue weighted by Crippen LogP contribution is 2.32. The number of carboxylic acid groups (broad SMARTS) is 1. The van der Waals surface area contributed by atoms with Crippen molar-refractivity contribution in [2.75, 3.05) is 7.11 Å². The molecule has 0 aliphatic rings. The lowest BCUT2D eigenvalue weighted by molar-refractivity contribution is 0.0697. The Hall–Kier alpha value is -1.52. The van der Waals surface area contributed by atoms with Crippen LogP contribution in [0.1, 0.15) is 10.4 Å². The summed E-state index contributed by atoms with van der Waals surface area (Å²) in [4.78, 5) is 11.3. The highest BCUT2D eigenvalue weighted by molar-refractivity contribution is 9.10. The van der Waals surface area contributed by atoms with E-state index < -0.39 is 5.97 Å². The Morgan fingerprint density at radius 2 is 2.00 bits per heavy atom. The number of aromatic carboxylic acids is 1. The van der Waals surface area contributed by atoms with Gasteiger partial charge in [-0.05, 0) is 35.4 Å². The fourth-order valence-electron chi connectivity index (χ4n) is 1.78. The van der Waals surface area contributed by atoms with Crippen LogP contribution in [0.15, 0.2) is 40.9 Å². The van der Waals surface area contributed by atoms with Crippen LogP contribution < -0.4 is 4.74 Å². The van der Waals surface area contributed by atoms with Crippen molar-refractivity contribution in [3.05, 3.63) is 51.5 Å². The largest absolute Gasteiger partial charge is 0.495 e. The van der Waals surface area contributed by atoms with Gasteiger partial charge in [0.25, 0.3) is 0 Å². The molecule has 3 nitrogen and oxygen atoms in total. The van der Waals surface area contributed by atoms with Gasteiger partial charge in [-0.25, -0.2) is 4.79 Å². The molecule has 2 aromatic rings. The molecular formula is C14H10BrClO3. The third-order valence-corrected chi connectivity index (χ3v) is 3.46. The van der Waals surface area contributed by atoms with Crippen LogP contribution in [0, 0.1) is 0 Å². The van der Waals surface area contributed by atoms with E-state index in [2.05, 4.69) is 15.9 Å². The van der Waals surface area contributed by atoms with E-state index in [0.717, 1.165) is 5.56 Å². The van der Waals surface area contributed by atoms with Gasteiger partial charge in [-0.3, -0.25) is 0 Å². The van der Waals surface area contributed by atoms with E-state index in [1.807, 2.05) is 0 Å². The van der Waals surface area contributed by atoms with Crippen LogP contribution in [0.4, 0.5) is 0 Å². The summed E-state index contributed by atoms with van der Waals surface area (Å²) in [6.45, 7) is 0. The minimum atomic E-state index is -0.983. The Balaban J connectivity index is 2.58. The summed E-state index contributed by atoms with van der Waals surface area (Å²) in [5, 5.41) is 9.69. The summed E-state index contributed by atoms with van der Waals surface area (Å²) in [5.74, 6) is -0.428. The fraction of sp³-hybridized carbons (Fsp3) is 0.0714. The quantitative estimate of drug-likeness (QED) is 0.895. The molecule has 0 atom stereocenters. The van der Waals surface area contributed by atoms with Gasteiger partial charge >= 0.3 is 5.97 Å². The van der Waals surface area contributed by atoms with Crippen LogP contribution in [0.3, 0.4) is 0 Å². The van der Waals surface area contributed by atoms with Gasteiger partial charge in [-0.2, -0.15) is 0 Å². The third-order valence-electron chi connectivity index (χ3n) is 2.67. The number of halogens is 2. The van der Waals surface area contributed by atoms with Crippen LogP contribution >= 0.6 is 27.5 Å². The Labute approximate surface area is 123 Å². The van der Waals surface area contributed by atoms with Gasteiger partial charge in [-0.15, -0.1) is 0 Å². The Morgan fingerprint density at radius 3 is 2.58 bits per heavy atom. The molecule has 0 aliphatic carbocycles. The Bertz CT molecular complexity index is 641. The maximum atomic E-state index is 11.3. The molecular weight excluding hydrogens is 332 g/mol. The number of rotatable bonds is 3. The van der Waals surface area contributed by atoms with E-state index in [4.69, 9.17) is 16.3 Å². The number of benzene rings is 2. The average molecular weight is 342 g/mol. The van der Waals surface area contributed by atoms with Gasteiger partial charge in [0.1, 0.15) is 5.75 Å². The van der Waals surface area contributed by atoms with E-state index in [1.165, 1.54) is 7.11 Å². The van der Waals surface area contributed by atoms with Crippen molar-refractivity contribution in [1.29, 1.82) is 0 Å². The highest BCUT2D eigenvalue weighted by atomic mass is 79.9. The molecule has 0 aliphatic heterocycles. The highest BCUT2D eigenvalue weighted by Gasteiger charge is 2.13. The monoisotopic (exact) mass is 340 g/mol. The van der Waals surface area contributed by atoms with Gasteiger partial charge in [0.2, 0.25) is 0 Å². The molecule has 0 spiro atoms. The molecule has 0 saturated carbocycles. The molecule has 0 radical (unpaired) electrons. The van der Waals surface area contributed by atoms with Gasteiger partial charge in [0, 0.05) is 4.47 Å². The number of methoxy groups -OCH3 is 1. The number of ether oxygens (including phenoxy) is 1. The molecule has 1 N–H and O–H groups in total. The minimum absolute atomic E-state index is 0.218. The zero-order chi connectivity index (χ0) is 14.0. The van der Waals surface area contributed by atoms with Crippen molar-refractivity contribution in [2.45, 2.75) is 0 Å². The number of hydrogen-bond acceptors (Lipinski definition) is 2. The van der Waals surface area contributed by atoms with Gasteiger partial charge in [-0.1, -0.05) is 39.7 Å². The smallest absolute Gasteiger partial charge is 0.336 e. The molecule has 0 saturated heterocycles. The third kappa shape index (κ3) is 2.91. The lowest BCUT2D eigenvalue weighted by Crippen LogP contribution is -1.99. The second-order valence-corrected chi connectivity index (χ2v) is 5.17. The first-order chi connectivity index (χ1) is 9.02. The summed E-state index contributed by atoms with van der Waals surface area (Å²) < 4.78 is 5.79. The molecule has 0 amide bonds. The van der Waals surface area contributed by atoms with E-state index in [1.54, 1.807) is 36.4 Å². The molecule has 2 aromatic carbocycles. The van der Waals surface area contributed by atoms with Crippen LogP contribution in [0.2, 0.25) is 5.02 Å². The van der Waals surface area contributed by atoms with Gasteiger partial charge in [0.15, 0.2) is 0 Å². The van der Waals surface area contributed by atoms with Crippen LogP contribution in [0.25, 0.3) is 11.1 Å². The molecule has 0 bridgehead atoms. The molecule has 0 aromatic heterocycles. The summed E-state index contributed by atoms with van der Waals surface area (Å²) >= 11 is 9.33. The van der Waals surface area contributed by atoms with Crippen molar-refractivity contribution in [3.63, 3.8) is 0 Å². The van der Waals surface area contributed by atoms with Gasteiger partial charge in [0.05, 0.1) is 17.7 Å². The zero-order valence-corrected chi connectivity index (χ0v) is 12.3. The van der Waals surface area contributed by atoms with Crippen molar-refractivity contribution >= 4 is 33.5 Å². The molecule has 19 heavy (non-hydrogen) atoms. The number of carboxylic acids is 1. The van der Waals surface area contributed by atoms with Crippen molar-refractivity contribution in [1.82, 2.24) is 0 Å². The normalized spacial score (nSPS) is 10.3. The lowest BCUT2D eigenvalue weighted by atomic mass is 10.00. The molecule has 0 unspecified atom stereocenters.